The smallest absolute Gasteiger partial charge is 0.327 e. The van der Waals surface area contributed by atoms with Crippen molar-refractivity contribution in [2.75, 3.05) is 6.54 Å². The lowest BCUT2D eigenvalue weighted by atomic mass is 9.90. The summed E-state index contributed by atoms with van der Waals surface area (Å²) in [7, 11) is 0. The van der Waals surface area contributed by atoms with E-state index in [1.807, 2.05) is 0 Å². The first-order valence-corrected chi connectivity index (χ1v) is 24.5. The van der Waals surface area contributed by atoms with Gasteiger partial charge in [0.2, 0.25) is 5.67 Å². The third-order valence-electron chi connectivity index (χ3n) is 10.1. The number of nitrogens with zero attached hydrogens (tertiary/aromatic N) is 1. The van der Waals surface area contributed by atoms with Gasteiger partial charge in [-0.25, -0.2) is 13.2 Å². The molecule has 0 amide bonds. The minimum atomic E-state index is -4.65. The van der Waals surface area contributed by atoms with E-state index in [2.05, 4.69) is 0 Å². The zero-order valence-corrected chi connectivity index (χ0v) is 46.0. The number of hydrogen-bond acceptors (Lipinski definition) is 5. The van der Waals surface area contributed by atoms with Crippen molar-refractivity contribution in [1.29, 1.82) is 5.26 Å². The number of rotatable bonds is 10. The molecule has 75 heavy (non-hydrogen) atoms. The zero-order valence-electron chi connectivity index (χ0n) is 39.2. The molecule has 0 bridgehead atoms. The molecule has 0 spiro atoms. The van der Waals surface area contributed by atoms with Crippen LogP contribution in [-0.4, -0.2) is 23.4 Å². The highest BCUT2D eigenvalue weighted by molar-refractivity contribution is 6.68. The normalized spacial score (nSPS) is 13.4. The number of benzene rings is 6. The van der Waals surface area contributed by atoms with E-state index >= 15 is 0 Å². The van der Waals surface area contributed by atoms with E-state index in [1.165, 1.54) is 93.6 Å². The molecule has 0 radical (unpaired) electrons. The largest absolute Gasteiger partial charge is 0.417 e. The molecule has 6 rings (SSSR count). The topological polar surface area (TPSA) is 101 Å². The highest BCUT2D eigenvalue weighted by Crippen LogP contribution is 2.39. The molecule has 0 aliphatic rings. The highest BCUT2D eigenvalue weighted by atomic mass is 35.5. The third-order valence-corrected chi connectivity index (χ3v) is 12.5. The molecule has 0 saturated carbocycles. The molecule has 6 aromatic rings. The summed E-state index contributed by atoms with van der Waals surface area (Å²) < 4.78 is 118. The predicted octanol–water partition coefficient (Wildman–Crippen LogP) is 20.0. The van der Waals surface area contributed by atoms with Gasteiger partial charge in [0, 0.05) is 81.5 Å². The van der Waals surface area contributed by atoms with Crippen LogP contribution in [0.2, 0.25) is 40.2 Å². The monoisotopic (exact) mass is 1230 g/mol. The van der Waals surface area contributed by atoms with Crippen molar-refractivity contribution in [2.24, 2.45) is 5.73 Å². The Bertz CT molecular complexity index is 3000. The number of carbonyl (C=O) groups excluding carboxylic acids is 3. The molecule has 0 aromatic heterocycles. The number of halogens is 18. The van der Waals surface area contributed by atoms with Crippen LogP contribution in [0.5, 0.6) is 0 Å². The van der Waals surface area contributed by atoms with Crippen LogP contribution in [0.4, 0.5) is 39.5 Å². The highest BCUT2D eigenvalue weighted by Gasteiger charge is 2.37. The van der Waals surface area contributed by atoms with Gasteiger partial charge in [-0.3, -0.25) is 14.4 Å². The molecule has 5 nitrogen and oxygen atoms in total. The first kappa shape index (κ1) is 66.9. The van der Waals surface area contributed by atoms with Crippen molar-refractivity contribution in [3.63, 3.8) is 0 Å². The summed E-state index contributed by atoms with van der Waals surface area (Å²) in [6.07, 6.45) is -9.88. The van der Waals surface area contributed by atoms with Gasteiger partial charge in [-0.1, -0.05) is 141 Å². The van der Waals surface area contributed by atoms with Crippen LogP contribution in [0.15, 0.2) is 121 Å². The number of ketones is 2. The first-order valence-electron chi connectivity index (χ1n) is 21.1. The van der Waals surface area contributed by atoms with Gasteiger partial charge < -0.3 is 5.73 Å². The zero-order chi connectivity index (χ0) is 57.4. The maximum Gasteiger partial charge on any atom is 0.417 e. The standard InChI is InChI=1S/C18H14Cl2F4O.C9H10Cl2FN.C9H6Cl2FN.C8H6Cl2O.C8H4ClF3O/c1-17(21,14-7-6-11(19)10-15(14)20)9-8-16(25)12-4-2-3-5-13(12)18(22,23)24;2*1-9(12,5-13)7-3-2-6(10)4-8(7)11;1-5(11)7-3-2-6(9)4-8(7)10;9-7(13)5-3-1-2-4-6(5)8(10,11)12/h2-7,10H,8-9H2,1H3;2-4H,5,13H2,1H3;2-4H,1H3;2-4H,1H3;1-4H. The summed E-state index contributed by atoms with van der Waals surface area (Å²) in [5.74, 6) is -0.825. The summed E-state index contributed by atoms with van der Waals surface area (Å²) in [6.45, 7) is 5.14. The van der Waals surface area contributed by atoms with Crippen molar-refractivity contribution in [3.05, 3.63) is 206 Å². The van der Waals surface area contributed by atoms with Crippen LogP contribution >= 0.6 is 104 Å². The number of carbonyl (C=O) groups is 3. The second kappa shape index (κ2) is 28.9. The Balaban J connectivity index is 0.000000335. The maximum atomic E-state index is 14.9. The molecule has 2 N–H and O–H groups in total. The lowest BCUT2D eigenvalue weighted by Gasteiger charge is -2.22. The lowest BCUT2D eigenvalue weighted by Crippen LogP contribution is -2.26. The van der Waals surface area contributed by atoms with Gasteiger partial charge in [0.1, 0.15) is 17.4 Å². The summed E-state index contributed by atoms with van der Waals surface area (Å²) in [5.41, 5.74) is -2.22. The second-order valence-corrected chi connectivity index (χ2v) is 19.8. The van der Waals surface area contributed by atoms with Gasteiger partial charge in [0.15, 0.2) is 11.6 Å². The average molecular weight is 1230 g/mol. The minimum absolute atomic E-state index is 0.0494. The van der Waals surface area contributed by atoms with Crippen LogP contribution in [0, 0.1) is 11.3 Å². The van der Waals surface area contributed by atoms with Gasteiger partial charge in [-0.05, 0) is 119 Å². The van der Waals surface area contributed by atoms with Crippen LogP contribution < -0.4 is 5.73 Å². The molecule has 3 atom stereocenters. The molecule has 6 aromatic carbocycles. The van der Waals surface area contributed by atoms with E-state index in [0.717, 1.165) is 31.2 Å². The Hall–Kier alpha value is -4.24. The number of hydrogen-bond donors (Lipinski definition) is 1. The molecule has 0 fully saturated rings. The molecule has 3 unspecified atom stereocenters. The van der Waals surface area contributed by atoms with E-state index in [-0.39, 0.29) is 46.3 Å². The van der Waals surface area contributed by atoms with E-state index < -0.39 is 62.6 Å². The summed E-state index contributed by atoms with van der Waals surface area (Å²) in [4.78, 5) is 33.6. The van der Waals surface area contributed by atoms with E-state index in [4.69, 9.17) is 115 Å². The fourth-order valence-corrected chi connectivity index (χ4v) is 8.64. The summed E-state index contributed by atoms with van der Waals surface area (Å²) in [6, 6.07) is 28.4. The fraction of sp³-hybridized carbons (Fsp3) is 0.231. The van der Waals surface area contributed by atoms with Gasteiger partial charge in [0.05, 0.1) is 16.1 Å². The van der Waals surface area contributed by atoms with Crippen LogP contribution in [0.1, 0.15) is 99.4 Å². The molecular formula is C52H40Cl9F9N2O3. The number of Topliss-reactive ketones (excluding diaryl/α,β-unsaturated/α-hetero) is 2. The predicted molar refractivity (Wildman–Crippen MR) is 283 cm³/mol. The van der Waals surface area contributed by atoms with Crippen molar-refractivity contribution >= 4 is 121 Å². The average Bonchev–Trinajstić information content (AvgIpc) is 3.30. The van der Waals surface area contributed by atoms with Crippen molar-refractivity contribution in [2.45, 2.75) is 69.9 Å². The van der Waals surface area contributed by atoms with E-state index in [1.54, 1.807) is 30.3 Å². The van der Waals surface area contributed by atoms with Crippen molar-refractivity contribution in [1.82, 2.24) is 0 Å². The Morgan fingerprint density at radius 3 is 1.20 bits per heavy atom. The molecule has 402 valence electrons. The minimum Gasteiger partial charge on any atom is -0.327 e. The summed E-state index contributed by atoms with van der Waals surface area (Å²) in [5, 5.41) is 10.2. The number of nitrogens with two attached hydrogens (primary N) is 1. The Labute approximate surface area is 471 Å². The summed E-state index contributed by atoms with van der Waals surface area (Å²) >= 11 is 50.9. The van der Waals surface area contributed by atoms with Gasteiger partial charge in [0.25, 0.3) is 5.24 Å². The van der Waals surface area contributed by atoms with Gasteiger partial charge in [-0.15, -0.1) is 0 Å². The molecule has 23 heteroatoms. The molecular weight excluding hydrogens is 1190 g/mol. The van der Waals surface area contributed by atoms with Crippen LogP contribution in [0.3, 0.4) is 0 Å². The fourth-order valence-electron chi connectivity index (χ4n) is 6.13. The number of alkyl halides is 9. The van der Waals surface area contributed by atoms with E-state index in [9.17, 15) is 53.9 Å². The van der Waals surface area contributed by atoms with Crippen LogP contribution in [0.25, 0.3) is 0 Å². The first-order chi connectivity index (χ1) is 34.5. The second-order valence-electron chi connectivity index (χ2n) is 16.1. The SMILES string of the molecule is CC(=O)c1ccc(Cl)cc1Cl.CC(F)(C#N)c1ccc(Cl)cc1Cl.CC(F)(CCC(=O)c1ccccc1C(F)(F)F)c1ccc(Cl)cc1Cl.CC(F)(CN)c1ccc(Cl)cc1Cl.O=C(Cl)c1ccccc1C(F)(F)F. The Morgan fingerprint density at radius 2 is 0.853 bits per heavy atom. The molecule has 0 saturated heterocycles. The van der Waals surface area contributed by atoms with Crippen LogP contribution in [-0.2, 0) is 29.4 Å². The Morgan fingerprint density at radius 1 is 0.493 bits per heavy atom. The lowest BCUT2D eigenvalue weighted by molar-refractivity contribution is -0.138. The van der Waals surface area contributed by atoms with Crippen molar-refractivity contribution < 1.29 is 53.9 Å². The molecule has 0 aliphatic heterocycles. The van der Waals surface area contributed by atoms with E-state index in [0.29, 0.717) is 41.3 Å². The Kier molecular flexibility index (Phi) is 25.8. The molecule has 0 aliphatic carbocycles. The quantitative estimate of drug-likeness (QED) is 0.0837. The van der Waals surface area contributed by atoms with Crippen molar-refractivity contribution in [3.8, 4) is 6.07 Å². The maximum absolute atomic E-state index is 14.9. The number of nitriles is 1. The third kappa shape index (κ3) is 20.9. The molecule has 0 heterocycles. The van der Waals surface area contributed by atoms with Gasteiger partial charge >= 0.3 is 12.4 Å². The van der Waals surface area contributed by atoms with Gasteiger partial charge in [-0.2, -0.15) is 31.6 Å².